The molecule has 0 unspecified atom stereocenters. The van der Waals surface area contributed by atoms with Crippen molar-refractivity contribution in [3.05, 3.63) is 39.6 Å². The van der Waals surface area contributed by atoms with Gasteiger partial charge < -0.3 is 14.2 Å². The van der Waals surface area contributed by atoms with Crippen molar-refractivity contribution < 1.29 is 23.8 Å². The third kappa shape index (κ3) is 8.18. The van der Waals surface area contributed by atoms with Gasteiger partial charge in [-0.05, 0) is 60.5 Å². The third-order valence-corrected chi connectivity index (χ3v) is 5.02. The zero-order valence-electron chi connectivity index (χ0n) is 17.6. The largest absolute Gasteiger partial charge is 0.493 e. The fraction of sp³-hybridized carbons (Fsp3) is 0.350. The van der Waals surface area contributed by atoms with Crippen LogP contribution in [0, 0.1) is 13.8 Å². The molecule has 2 aromatic rings. The van der Waals surface area contributed by atoms with Crippen LogP contribution in [-0.4, -0.2) is 54.1 Å². The van der Waals surface area contributed by atoms with Crippen molar-refractivity contribution in [1.82, 2.24) is 15.4 Å². The molecule has 0 saturated heterocycles. The van der Waals surface area contributed by atoms with Crippen LogP contribution in [-0.2, 0) is 14.3 Å². The van der Waals surface area contributed by atoms with Crippen LogP contribution in [0.5, 0.6) is 11.5 Å². The van der Waals surface area contributed by atoms with E-state index >= 15 is 0 Å². The van der Waals surface area contributed by atoms with Gasteiger partial charge >= 0.3 is 5.97 Å². The predicted octanol–water partition coefficient (Wildman–Crippen LogP) is 3.05. The quantitative estimate of drug-likeness (QED) is 0.170. The summed E-state index contributed by atoms with van der Waals surface area (Å²) in [7, 11) is 1.48. The zero-order chi connectivity index (χ0) is 22.8. The van der Waals surface area contributed by atoms with Crippen LogP contribution in [0.3, 0.4) is 0 Å². The molecule has 1 N–H and O–H groups in total. The summed E-state index contributed by atoms with van der Waals surface area (Å²) in [4.78, 5) is 32.1. The Bertz CT molecular complexity index is 951. The summed E-state index contributed by atoms with van der Waals surface area (Å²) in [6, 6.07) is 5.25. The molecule has 0 fully saturated rings. The van der Waals surface area contributed by atoms with Crippen LogP contribution in [0.25, 0.3) is 0 Å². The highest BCUT2D eigenvalue weighted by Gasteiger charge is 2.13. The average molecular weight is 511 g/mol. The van der Waals surface area contributed by atoms with Crippen molar-refractivity contribution >= 4 is 45.8 Å². The van der Waals surface area contributed by atoms with Gasteiger partial charge in [-0.1, -0.05) is 11.8 Å². The SMILES string of the molecule is CCOC(=O)COc1c(Br)cc(/C=N\NC(=O)CSc2nc(C)cc(C)n2)cc1OC. The molecule has 31 heavy (non-hydrogen) atoms. The molecule has 0 aliphatic carbocycles. The van der Waals surface area contributed by atoms with Gasteiger partial charge in [0.05, 0.1) is 30.2 Å². The van der Waals surface area contributed by atoms with Gasteiger partial charge in [0.2, 0.25) is 0 Å². The summed E-state index contributed by atoms with van der Waals surface area (Å²) < 4.78 is 16.2. The van der Waals surface area contributed by atoms with Gasteiger partial charge in [0.15, 0.2) is 23.3 Å². The first kappa shape index (κ1) is 24.6. The van der Waals surface area contributed by atoms with E-state index in [4.69, 9.17) is 14.2 Å². The lowest BCUT2D eigenvalue weighted by atomic mass is 10.2. The molecule has 9 nitrogen and oxygen atoms in total. The number of aryl methyl sites for hydroxylation is 2. The maximum Gasteiger partial charge on any atom is 0.344 e. The molecule has 0 saturated carbocycles. The fourth-order valence-electron chi connectivity index (χ4n) is 2.39. The fourth-order valence-corrected chi connectivity index (χ4v) is 3.70. The first-order valence-corrected chi connectivity index (χ1v) is 11.0. The Kier molecular flexibility index (Phi) is 9.73. The van der Waals surface area contributed by atoms with E-state index < -0.39 is 5.97 Å². The van der Waals surface area contributed by atoms with Gasteiger partial charge in [-0.25, -0.2) is 20.2 Å². The minimum Gasteiger partial charge on any atom is -0.493 e. The number of hydrazone groups is 1. The summed E-state index contributed by atoms with van der Waals surface area (Å²) in [5, 5.41) is 4.51. The highest BCUT2D eigenvalue weighted by atomic mass is 79.9. The number of methoxy groups -OCH3 is 1. The van der Waals surface area contributed by atoms with Crippen LogP contribution < -0.4 is 14.9 Å². The van der Waals surface area contributed by atoms with Gasteiger partial charge in [-0.15, -0.1) is 0 Å². The molecular formula is C20H23BrN4O5S. The molecule has 1 aromatic heterocycles. The van der Waals surface area contributed by atoms with E-state index in [1.54, 1.807) is 19.1 Å². The number of benzene rings is 1. The first-order chi connectivity index (χ1) is 14.8. The second-order valence-corrected chi connectivity index (χ2v) is 7.94. The minimum absolute atomic E-state index is 0.133. The maximum absolute atomic E-state index is 12.0. The Morgan fingerprint density at radius 1 is 1.23 bits per heavy atom. The minimum atomic E-state index is -0.478. The summed E-state index contributed by atoms with van der Waals surface area (Å²) in [5.74, 6) is 0.127. The molecule has 0 aliphatic rings. The highest BCUT2D eigenvalue weighted by molar-refractivity contribution is 9.10. The van der Waals surface area contributed by atoms with E-state index in [-0.39, 0.29) is 24.9 Å². The molecular weight excluding hydrogens is 488 g/mol. The molecule has 0 spiro atoms. The van der Waals surface area contributed by atoms with Crippen LogP contribution in [0.2, 0.25) is 0 Å². The van der Waals surface area contributed by atoms with E-state index in [0.29, 0.717) is 26.7 Å². The van der Waals surface area contributed by atoms with E-state index in [9.17, 15) is 9.59 Å². The van der Waals surface area contributed by atoms with Gasteiger partial charge in [0.1, 0.15) is 0 Å². The zero-order valence-corrected chi connectivity index (χ0v) is 20.0. The van der Waals surface area contributed by atoms with Crippen molar-refractivity contribution in [1.29, 1.82) is 0 Å². The number of hydrogen-bond donors (Lipinski definition) is 1. The number of aromatic nitrogens is 2. The Morgan fingerprint density at radius 3 is 2.58 bits per heavy atom. The van der Waals surface area contributed by atoms with Crippen LogP contribution in [0.1, 0.15) is 23.9 Å². The predicted molar refractivity (Wildman–Crippen MR) is 121 cm³/mol. The number of rotatable bonds is 10. The molecule has 1 aromatic carbocycles. The average Bonchev–Trinajstić information content (AvgIpc) is 2.70. The normalized spacial score (nSPS) is 10.7. The maximum atomic E-state index is 12.0. The summed E-state index contributed by atoms with van der Waals surface area (Å²) >= 11 is 4.62. The molecule has 166 valence electrons. The van der Waals surface area contributed by atoms with Gasteiger partial charge in [0, 0.05) is 11.4 Å². The van der Waals surface area contributed by atoms with E-state index in [1.807, 2.05) is 19.9 Å². The smallest absolute Gasteiger partial charge is 0.344 e. The molecule has 11 heteroatoms. The monoisotopic (exact) mass is 510 g/mol. The van der Waals surface area contributed by atoms with E-state index in [2.05, 4.69) is 36.4 Å². The van der Waals surface area contributed by atoms with Crippen LogP contribution in [0.15, 0.2) is 32.9 Å². The lowest BCUT2D eigenvalue weighted by Crippen LogP contribution is -2.19. The topological polar surface area (TPSA) is 112 Å². The lowest BCUT2D eigenvalue weighted by molar-refractivity contribution is -0.145. The standard InChI is InChI=1S/C20H23BrN4O5S/c1-5-29-18(27)10-30-19-15(21)7-14(8-16(19)28-4)9-22-25-17(26)11-31-20-23-12(2)6-13(3)24-20/h6-9H,5,10-11H2,1-4H3,(H,25,26)/b22-9-. The number of carbonyl (C=O) groups is 2. The van der Waals surface area contributed by atoms with Crippen molar-refractivity contribution in [2.75, 3.05) is 26.1 Å². The van der Waals surface area contributed by atoms with Gasteiger partial charge in [-0.3, -0.25) is 4.79 Å². The molecule has 0 bridgehead atoms. The van der Waals surface area contributed by atoms with Crippen molar-refractivity contribution in [3.63, 3.8) is 0 Å². The molecule has 0 aliphatic heterocycles. The van der Waals surface area contributed by atoms with Crippen molar-refractivity contribution in [3.8, 4) is 11.5 Å². The second-order valence-electron chi connectivity index (χ2n) is 6.14. The van der Waals surface area contributed by atoms with E-state index in [1.165, 1.54) is 25.1 Å². The summed E-state index contributed by atoms with van der Waals surface area (Å²) in [6.45, 7) is 5.51. The van der Waals surface area contributed by atoms with Gasteiger partial charge in [-0.2, -0.15) is 5.10 Å². The molecule has 0 atom stereocenters. The van der Waals surface area contributed by atoms with E-state index in [0.717, 1.165) is 11.4 Å². The molecule has 1 amide bonds. The summed E-state index contributed by atoms with van der Waals surface area (Å²) in [5.41, 5.74) is 4.81. The molecule has 1 heterocycles. The van der Waals surface area contributed by atoms with Crippen molar-refractivity contribution in [2.24, 2.45) is 5.10 Å². The third-order valence-electron chi connectivity index (χ3n) is 3.59. The number of ether oxygens (including phenoxy) is 3. The number of thioether (sulfide) groups is 1. The number of nitrogens with zero attached hydrogens (tertiary/aromatic N) is 3. The Morgan fingerprint density at radius 2 is 1.94 bits per heavy atom. The number of hydrogen-bond acceptors (Lipinski definition) is 9. The summed E-state index contributed by atoms with van der Waals surface area (Å²) in [6.07, 6.45) is 1.47. The molecule has 0 radical (unpaired) electrons. The highest BCUT2D eigenvalue weighted by Crippen LogP contribution is 2.36. The number of halogens is 1. The Hall–Kier alpha value is -2.66. The Balaban J connectivity index is 1.94. The number of nitrogens with one attached hydrogen (secondary N) is 1. The Labute approximate surface area is 193 Å². The molecule has 2 rings (SSSR count). The van der Waals surface area contributed by atoms with Crippen molar-refractivity contribution in [2.45, 2.75) is 25.9 Å². The second kappa shape index (κ2) is 12.3. The van der Waals surface area contributed by atoms with Gasteiger partial charge in [0.25, 0.3) is 5.91 Å². The van der Waals surface area contributed by atoms with Crippen LogP contribution in [0.4, 0.5) is 0 Å². The number of amides is 1. The lowest BCUT2D eigenvalue weighted by Gasteiger charge is -2.13. The number of carbonyl (C=O) groups excluding carboxylic acids is 2. The van der Waals surface area contributed by atoms with Crippen LogP contribution >= 0.6 is 27.7 Å². The number of esters is 1. The first-order valence-electron chi connectivity index (χ1n) is 9.25.